The van der Waals surface area contributed by atoms with Gasteiger partial charge in [0, 0.05) is 0 Å². The van der Waals surface area contributed by atoms with Crippen molar-refractivity contribution in [2.45, 2.75) is 77.4 Å². The third-order valence-electron chi connectivity index (χ3n) is 6.74. The van der Waals surface area contributed by atoms with Gasteiger partial charge in [-0.2, -0.15) is 0 Å². The quantitative estimate of drug-likeness (QED) is 0.207. The fraction of sp³-hybridized carbons (Fsp3) is 0.441. The molecule has 1 heterocycles. The van der Waals surface area contributed by atoms with Gasteiger partial charge in [0.15, 0.2) is 6.10 Å². The van der Waals surface area contributed by atoms with E-state index in [1.165, 1.54) is 0 Å². The first-order valence-electron chi connectivity index (χ1n) is 14.3. The minimum absolute atomic E-state index is 0.304. The highest BCUT2D eigenvalue weighted by atomic mass is 32.2. The maximum absolute atomic E-state index is 13.2. The van der Waals surface area contributed by atoms with E-state index in [2.05, 4.69) is 6.92 Å². The topological polar surface area (TPSA) is 63.2 Å². The molecule has 3 aromatic carbocycles. The van der Waals surface area contributed by atoms with Gasteiger partial charge in [0.25, 0.3) is 0 Å². The summed E-state index contributed by atoms with van der Waals surface area (Å²) in [4.78, 5) is 13.2. The predicted octanol–water partition coefficient (Wildman–Crippen LogP) is 6.81. The molecule has 220 valence electrons. The van der Waals surface area contributed by atoms with Gasteiger partial charge in [-0.15, -0.1) is 11.8 Å². The van der Waals surface area contributed by atoms with Crippen molar-refractivity contribution < 1.29 is 28.5 Å². The fourth-order valence-electron chi connectivity index (χ4n) is 4.53. The minimum atomic E-state index is -0.679. The Bertz CT molecular complexity index is 1170. The lowest BCUT2D eigenvalue weighted by atomic mass is 9.95. The number of carbonyl (C=O) groups excluding carboxylic acids is 1. The highest BCUT2D eigenvalue weighted by Gasteiger charge is 2.50. The van der Waals surface area contributed by atoms with E-state index in [1.54, 1.807) is 11.8 Å². The summed E-state index contributed by atoms with van der Waals surface area (Å²) in [5, 5.41) is 0. The van der Waals surface area contributed by atoms with Gasteiger partial charge in [0.2, 0.25) is 0 Å². The van der Waals surface area contributed by atoms with Crippen LogP contribution in [0.15, 0.2) is 91.0 Å². The first-order chi connectivity index (χ1) is 19.8. The number of esters is 1. The summed E-state index contributed by atoms with van der Waals surface area (Å²) < 4.78 is 32.2. The second-order valence-corrected chi connectivity index (χ2v) is 12.5. The summed E-state index contributed by atoms with van der Waals surface area (Å²) in [6.45, 7) is 9.09. The number of benzene rings is 3. The molecule has 0 unspecified atom stereocenters. The molecule has 1 fully saturated rings. The standard InChI is InChI=1S/C34H42O6S/c1-5-41-32-31(40-33(35)34(2,3)4)30(38-23-27-19-13-8-14-20-27)29(37-22-26-17-11-7-12-18-26)28(39-32)24-36-21-25-15-9-6-10-16-25/h6-20,28-32H,5,21-24H2,1-4H3/t28-,29-,30+,31-,32+/m1/s1. The van der Waals surface area contributed by atoms with Gasteiger partial charge < -0.3 is 23.7 Å². The van der Waals surface area contributed by atoms with E-state index in [0.29, 0.717) is 26.4 Å². The van der Waals surface area contributed by atoms with Crippen molar-refractivity contribution in [3.05, 3.63) is 108 Å². The third-order valence-corrected chi connectivity index (χ3v) is 7.78. The first kappa shape index (κ1) is 31.3. The molecule has 0 amide bonds. The van der Waals surface area contributed by atoms with Crippen LogP contribution in [0.4, 0.5) is 0 Å². The van der Waals surface area contributed by atoms with Gasteiger partial charge >= 0.3 is 5.97 Å². The molecule has 41 heavy (non-hydrogen) atoms. The Morgan fingerprint density at radius 2 is 1.22 bits per heavy atom. The van der Waals surface area contributed by atoms with Gasteiger partial charge in [-0.3, -0.25) is 4.79 Å². The molecule has 1 aliphatic rings. The van der Waals surface area contributed by atoms with Crippen molar-refractivity contribution >= 4 is 17.7 Å². The number of carbonyl (C=O) groups is 1. The van der Waals surface area contributed by atoms with E-state index in [4.69, 9.17) is 23.7 Å². The fourth-order valence-corrected chi connectivity index (χ4v) is 5.48. The molecular weight excluding hydrogens is 536 g/mol. The number of thioether (sulfide) groups is 1. The largest absolute Gasteiger partial charge is 0.455 e. The van der Waals surface area contributed by atoms with Crippen LogP contribution in [0.2, 0.25) is 0 Å². The molecular formula is C34H42O6S. The Balaban J connectivity index is 1.62. The molecule has 5 atom stereocenters. The third kappa shape index (κ3) is 9.42. The summed E-state index contributed by atoms with van der Waals surface area (Å²) in [5.74, 6) is 0.481. The van der Waals surface area contributed by atoms with Crippen molar-refractivity contribution in [1.29, 1.82) is 0 Å². The van der Waals surface area contributed by atoms with E-state index in [-0.39, 0.29) is 5.97 Å². The van der Waals surface area contributed by atoms with Crippen molar-refractivity contribution in [1.82, 2.24) is 0 Å². The Labute approximate surface area is 248 Å². The number of hydrogen-bond donors (Lipinski definition) is 0. The van der Waals surface area contributed by atoms with Crippen molar-refractivity contribution in [2.75, 3.05) is 12.4 Å². The van der Waals surface area contributed by atoms with E-state index < -0.39 is 35.3 Å². The Hall–Kier alpha value is -2.68. The molecule has 3 aromatic rings. The Morgan fingerprint density at radius 3 is 1.71 bits per heavy atom. The number of rotatable bonds is 13. The average Bonchev–Trinajstić information content (AvgIpc) is 2.98. The molecule has 4 rings (SSSR count). The Kier molecular flexibility index (Phi) is 11.8. The van der Waals surface area contributed by atoms with Gasteiger partial charge in [0.1, 0.15) is 23.7 Å². The highest BCUT2D eigenvalue weighted by Crippen LogP contribution is 2.36. The van der Waals surface area contributed by atoms with Crippen LogP contribution in [0.25, 0.3) is 0 Å². The van der Waals surface area contributed by atoms with Crippen molar-refractivity contribution in [3.63, 3.8) is 0 Å². The zero-order valence-corrected chi connectivity index (χ0v) is 25.3. The molecule has 0 saturated carbocycles. The van der Waals surface area contributed by atoms with Crippen LogP contribution < -0.4 is 0 Å². The Morgan fingerprint density at radius 1 is 0.732 bits per heavy atom. The summed E-state index contributed by atoms with van der Waals surface area (Å²) in [6.07, 6.45) is -2.21. The lowest BCUT2D eigenvalue weighted by molar-refractivity contribution is -0.251. The maximum Gasteiger partial charge on any atom is 0.311 e. The molecule has 1 aliphatic heterocycles. The average molecular weight is 579 g/mol. The van der Waals surface area contributed by atoms with E-state index in [0.717, 1.165) is 22.4 Å². The maximum atomic E-state index is 13.2. The molecule has 7 heteroatoms. The van der Waals surface area contributed by atoms with Crippen LogP contribution in [0, 0.1) is 5.41 Å². The normalized spacial score (nSPS) is 22.8. The lowest BCUT2D eigenvalue weighted by Crippen LogP contribution is -2.61. The molecule has 0 aliphatic carbocycles. The molecule has 0 aromatic heterocycles. The van der Waals surface area contributed by atoms with Crippen LogP contribution in [-0.2, 0) is 48.3 Å². The van der Waals surface area contributed by atoms with Crippen LogP contribution >= 0.6 is 11.8 Å². The van der Waals surface area contributed by atoms with E-state index in [1.807, 2.05) is 112 Å². The molecule has 0 spiro atoms. The monoisotopic (exact) mass is 578 g/mol. The SMILES string of the molecule is CCS[C@@H]1O[C@H](COCc2ccccc2)[C@@H](OCc2ccccc2)[C@H](OCc2ccccc2)[C@H]1OC(=O)C(C)(C)C. The molecule has 0 bridgehead atoms. The molecule has 0 N–H and O–H groups in total. The van der Waals surface area contributed by atoms with Crippen LogP contribution in [0.3, 0.4) is 0 Å². The summed E-state index contributed by atoms with van der Waals surface area (Å²) in [5.41, 5.74) is 2.03. The van der Waals surface area contributed by atoms with E-state index >= 15 is 0 Å². The minimum Gasteiger partial charge on any atom is -0.455 e. The van der Waals surface area contributed by atoms with E-state index in [9.17, 15) is 4.79 Å². The van der Waals surface area contributed by atoms with Crippen LogP contribution in [0.1, 0.15) is 44.4 Å². The number of ether oxygens (including phenoxy) is 5. The second-order valence-electron chi connectivity index (χ2n) is 11.1. The van der Waals surface area contributed by atoms with Crippen LogP contribution in [-0.4, -0.2) is 48.2 Å². The summed E-state index contributed by atoms with van der Waals surface area (Å²) in [7, 11) is 0. The molecule has 6 nitrogen and oxygen atoms in total. The second kappa shape index (κ2) is 15.5. The summed E-state index contributed by atoms with van der Waals surface area (Å²) >= 11 is 1.60. The first-order valence-corrected chi connectivity index (χ1v) is 15.3. The smallest absolute Gasteiger partial charge is 0.311 e. The number of hydrogen-bond acceptors (Lipinski definition) is 7. The van der Waals surface area contributed by atoms with Gasteiger partial charge in [0.05, 0.1) is 31.8 Å². The van der Waals surface area contributed by atoms with Gasteiger partial charge in [-0.25, -0.2) is 0 Å². The van der Waals surface area contributed by atoms with Crippen molar-refractivity contribution in [2.24, 2.45) is 5.41 Å². The van der Waals surface area contributed by atoms with Crippen LogP contribution in [0.5, 0.6) is 0 Å². The van der Waals surface area contributed by atoms with Crippen molar-refractivity contribution in [3.8, 4) is 0 Å². The van der Waals surface area contributed by atoms with Gasteiger partial charge in [-0.05, 0) is 43.2 Å². The molecule has 0 radical (unpaired) electrons. The molecule has 1 saturated heterocycles. The predicted molar refractivity (Wildman–Crippen MR) is 162 cm³/mol. The zero-order chi connectivity index (χ0) is 29.1. The van der Waals surface area contributed by atoms with Gasteiger partial charge in [-0.1, -0.05) is 97.9 Å². The highest BCUT2D eigenvalue weighted by molar-refractivity contribution is 7.99. The summed E-state index contributed by atoms with van der Waals surface area (Å²) in [6, 6.07) is 30.1. The zero-order valence-electron chi connectivity index (χ0n) is 24.4. The lowest BCUT2D eigenvalue weighted by Gasteiger charge is -2.46.